The van der Waals surface area contributed by atoms with Crippen molar-refractivity contribution in [2.45, 2.75) is 83.2 Å². The minimum Gasteiger partial charge on any atom is -0.379 e. The van der Waals surface area contributed by atoms with Crippen LogP contribution in [0.3, 0.4) is 0 Å². The highest BCUT2D eigenvalue weighted by Gasteiger charge is 2.13. The molecule has 0 aliphatic heterocycles. The van der Waals surface area contributed by atoms with Gasteiger partial charge in [0, 0.05) is 38.9 Å². The fourth-order valence-corrected chi connectivity index (χ4v) is 5.10. The van der Waals surface area contributed by atoms with Crippen molar-refractivity contribution in [1.82, 2.24) is 31.9 Å². The number of allylic oxidation sites excluding steroid dienone is 1. The van der Waals surface area contributed by atoms with Gasteiger partial charge in [-0.25, -0.2) is 0 Å². The van der Waals surface area contributed by atoms with Crippen molar-refractivity contribution < 1.29 is 66.7 Å². The molecule has 0 rings (SSSR count). The molecule has 2 atom stereocenters. The molecule has 0 aromatic heterocycles. The van der Waals surface area contributed by atoms with Crippen molar-refractivity contribution >= 4 is 35.4 Å². The lowest BCUT2D eigenvalue weighted by molar-refractivity contribution is -0.126. The second-order valence-corrected chi connectivity index (χ2v) is 14.3. The van der Waals surface area contributed by atoms with E-state index in [0.29, 0.717) is 118 Å². The van der Waals surface area contributed by atoms with Crippen LogP contribution in [-0.4, -0.2) is 187 Å². The molecule has 6 amide bonds. The van der Waals surface area contributed by atoms with Crippen LogP contribution in [0.4, 0.5) is 0 Å². The van der Waals surface area contributed by atoms with E-state index in [1.807, 2.05) is 6.92 Å². The Morgan fingerprint density at radius 3 is 1.25 bits per heavy atom. The zero-order valence-corrected chi connectivity index (χ0v) is 41.2. The molecular formula is C46H86N8O14. The Hall–Kier alpha value is -4.54. The fraction of sp³-hybridized carbons (Fsp3) is 0.739. The van der Waals surface area contributed by atoms with Gasteiger partial charge in [0.2, 0.25) is 35.4 Å². The maximum atomic E-state index is 12.0. The number of carbonyl (C=O) groups excluding carboxylic acids is 6. The Balaban J connectivity index is -0.00000562. The van der Waals surface area contributed by atoms with Crippen molar-refractivity contribution in [3.05, 3.63) is 37.3 Å². The van der Waals surface area contributed by atoms with Crippen LogP contribution in [0.2, 0.25) is 0 Å². The SMILES string of the molecule is C=C=C=C.C=CC.CN[C@@H](CCCCNC(=O)CCOCCOCCOCCOCCNC(=O)CCCC(=O)NCOCCOCCOCCOCC(=O)NCCCC[C@H](NC)C(N)=O)C(N)=O. The Labute approximate surface area is 404 Å². The van der Waals surface area contributed by atoms with Gasteiger partial charge in [-0.3, -0.25) is 28.8 Å². The number of hydrogen-bond acceptors (Lipinski definition) is 16. The molecule has 0 aromatic rings. The summed E-state index contributed by atoms with van der Waals surface area (Å²) in [5.41, 5.74) is 15.2. The van der Waals surface area contributed by atoms with Crippen molar-refractivity contribution in [2.75, 3.05) is 140 Å². The summed E-state index contributed by atoms with van der Waals surface area (Å²) in [5.74, 6) is -1.45. The largest absolute Gasteiger partial charge is 0.379 e. The molecule has 10 N–H and O–H groups in total. The van der Waals surface area contributed by atoms with Gasteiger partial charge in [-0.15, -0.1) is 6.58 Å². The first-order valence-electron chi connectivity index (χ1n) is 23.2. The summed E-state index contributed by atoms with van der Waals surface area (Å²) in [4.78, 5) is 69.9. The lowest BCUT2D eigenvalue weighted by atomic mass is 10.1. The monoisotopic (exact) mass is 975 g/mol. The van der Waals surface area contributed by atoms with Gasteiger partial charge in [-0.05, 0) is 79.1 Å². The van der Waals surface area contributed by atoms with Crippen molar-refractivity contribution in [3.63, 3.8) is 0 Å². The molecule has 0 radical (unpaired) electrons. The lowest BCUT2D eigenvalue weighted by Gasteiger charge is -2.12. The molecule has 0 spiro atoms. The van der Waals surface area contributed by atoms with Crippen molar-refractivity contribution in [2.24, 2.45) is 11.5 Å². The van der Waals surface area contributed by atoms with E-state index >= 15 is 0 Å². The van der Waals surface area contributed by atoms with Crippen molar-refractivity contribution in [1.29, 1.82) is 0 Å². The normalized spacial score (nSPS) is 11.2. The van der Waals surface area contributed by atoms with E-state index in [0.717, 1.165) is 25.7 Å². The Morgan fingerprint density at radius 1 is 0.471 bits per heavy atom. The van der Waals surface area contributed by atoms with Crippen LogP contribution in [0.15, 0.2) is 37.3 Å². The zero-order valence-electron chi connectivity index (χ0n) is 41.2. The van der Waals surface area contributed by atoms with Gasteiger partial charge in [0.05, 0.1) is 105 Å². The standard InChI is InChI=1S/C39H76N8O14.C4H4.C3H6/c1-42-32(38(40)52)8-3-5-13-44-36(50)12-16-54-18-20-56-22-23-57-21-19-55-17-15-46-34(48)10-7-11-35(49)47-31-61-29-27-59-25-24-58-26-28-60-30-37(51)45-14-6-4-9-33(43-2)39(41)53;1-3-4-2;1-3-2/h32-33,42-43H,3-31H2,1-2H3,(H2,40,52)(H2,41,53)(H,44,50)(H,45,51)(H,46,48)(H,47,49);1-2H2;3H,1H2,2H3/t32-,33-;;/m0../s1. The van der Waals surface area contributed by atoms with Crippen LogP contribution in [-0.2, 0) is 66.7 Å². The second-order valence-electron chi connectivity index (χ2n) is 14.3. The van der Waals surface area contributed by atoms with Gasteiger partial charge in [-0.1, -0.05) is 17.5 Å². The topological polar surface area (TPSA) is 300 Å². The molecule has 0 heterocycles. The summed E-state index contributed by atoms with van der Waals surface area (Å²) in [6, 6.07) is -0.706. The van der Waals surface area contributed by atoms with Gasteiger partial charge < -0.3 is 81.3 Å². The Bertz CT molecular complexity index is 1340. The molecule has 68 heavy (non-hydrogen) atoms. The van der Waals surface area contributed by atoms with Crippen LogP contribution >= 0.6 is 0 Å². The summed E-state index contributed by atoms with van der Waals surface area (Å²) in [6.45, 7) is 17.8. The number of hydrogen-bond donors (Lipinski definition) is 8. The van der Waals surface area contributed by atoms with Gasteiger partial charge >= 0.3 is 0 Å². The van der Waals surface area contributed by atoms with E-state index in [4.69, 9.17) is 49.4 Å². The quantitative estimate of drug-likeness (QED) is 0.0171. The average Bonchev–Trinajstić information content (AvgIpc) is 3.31. The molecule has 0 unspecified atom stereocenters. The van der Waals surface area contributed by atoms with Gasteiger partial charge in [0.1, 0.15) is 13.3 Å². The minimum atomic E-state index is -0.387. The molecule has 0 aromatic carbocycles. The number of nitrogens with one attached hydrogen (secondary N) is 6. The predicted octanol–water partition coefficient (Wildman–Crippen LogP) is -0.106. The smallest absolute Gasteiger partial charge is 0.245 e. The number of nitrogens with two attached hydrogens (primary N) is 2. The molecule has 0 saturated carbocycles. The molecule has 0 fully saturated rings. The summed E-state index contributed by atoms with van der Waals surface area (Å²) in [6.07, 6.45) is 7.11. The van der Waals surface area contributed by atoms with E-state index in [9.17, 15) is 28.8 Å². The van der Waals surface area contributed by atoms with E-state index in [2.05, 4.69) is 63.1 Å². The summed E-state index contributed by atoms with van der Waals surface area (Å²) < 4.78 is 43.2. The van der Waals surface area contributed by atoms with E-state index < -0.39 is 0 Å². The van der Waals surface area contributed by atoms with Gasteiger partial charge in [-0.2, -0.15) is 0 Å². The third kappa shape index (κ3) is 54.1. The maximum Gasteiger partial charge on any atom is 0.245 e. The third-order valence-corrected chi connectivity index (χ3v) is 8.68. The second kappa shape index (κ2) is 55.1. The highest BCUT2D eigenvalue weighted by molar-refractivity contribution is 5.80. The lowest BCUT2D eigenvalue weighted by Crippen LogP contribution is -2.39. The first-order chi connectivity index (χ1) is 32.9. The van der Waals surface area contributed by atoms with E-state index in [-0.39, 0.29) is 93.3 Å². The highest BCUT2D eigenvalue weighted by Crippen LogP contribution is 2.01. The molecule has 394 valence electrons. The third-order valence-electron chi connectivity index (χ3n) is 8.68. The summed E-state index contributed by atoms with van der Waals surface area (Å²) in [5, 5.41) is 16.7. The van der Waals surface area contributed by atoms with E-state index in [1.54, 1.807) is 20.2 Å². The van der Waals surface area contributed by atoms with Crippen LogP contribution in [0.5, 0.6) is 0 Å². The number of rotatable bonds is 46. The first kappa shape index (κ1) is 67.7. The van der Waals surface area contributed by atoms with Crippen LogP contribution in [0.25, 0.3) is 0 Å². The molecule has 0 saturated heterocycles. The van der Waals surface area contributed by atoms with Gasteiger partial charge in [0.25, 0.3) is 0 Å². The van der Waals surface area contributed by atoms with Crippen LogP contribution in [0.1, 0.15) is 71.1 Å². The number of carbonyl (C=O) groups is 6. The molecule has 0 aliphatic rings. The zero-order chi connectivity index (χ0) is 51.1. The number of primary amides is 2. The minimum absolute atomic E-state index is 0.0389. The number of unbranched alkanes of at least 4 members (excludes halogenated alkanes) is 2. The number of likely N-dealkylation sites (N-methyl/N-ethyl adjacent to an activating group) is 2. The highest BCUT2D eigenvalue weighted by atomic mass is 16.6. The molecule has 0 bridgehead atoms. The fourth-order valence-electron chi connectivity index (χ4n) is 5.10. The summed E-state index contributed by atoms with van der Waals surface area (Å²) >= 11 is 0. The van der Waals surface area contributed by atoms with Gasteiger partial charge in [0.15, 0.2) is 0 Å². The summed E-state index contributed by atoms with van der Waals surface area (Å²) in [7, 11) is 3.38. The Kier molecular flexibility index (Phi) is 54.8. The molecule has 22 nitrogen and oxygen atoms in total. The Morgan fingerprint density at radius 2 is 0.824 bits per heavy atom. The molecular weight excluding hydrogens is 889 g/mol. The molecule has 0 aliphatic carbocycles. The molecule has 22 heteroatoms. The van der Waals surface area contributed by atoms with Crippen LogP contribution < -0.4 is 43.4 Å². The number of amides is 6. The predicted molar refractivity (Wildman–Crippen MR) is 258 cm³/mol. The van der Waals surface area contributed by atoms with Crippen LogP contribution in [0, 0.1) is 0 Å². The average molecular weight is 975 g/mol. The van der Waals surface area contributed by atoms with E-state index in [1.165, 1.54) is 0 Å². The van der Waals surface area contributed by atoms with Crippen molar-refractivity contribution in [3.8, 4) is 0 Å². The first-order valence-corrected chi connectivity index (χ1v) is 23.2. The number of ether oxygens (including phenoxy) is 8. The maximum absolute atomic E-state index is 12.0.